The summed E-state index contributed by atoms with van der Waals surface area (Å²) >= 11 is 0. The molecule has 0 spiro atoms. The van der Waals surface area contributed by atoms with Crippen molar-refractivity contribution in [2.45, 2.75) is 50.4 Å². The fourth-order valence-electron chi connectivity index (χ4n) is 7.63. The van der Waals surface area contributed by atoms with Gasteiger partial charge in [0, 0.05) is 11.5 Å². The SMILES string of the molecule is COc1ccc(C2=CC=C3C=C(C(=O)O)C=CC3C2)cc1C12CC3CC(CC(C3)C1)C2. The zero-order valence-corrected chi connectivity index (χ0v) is 18.1. The fourth-order valence-corrected chi connectivity index (χ4v) is 7.63. The van der Waals surface area contributed by atoms with Crippen LogP contribution in [0, 0.1) is 23.7 Å². The summed E-state index contributed by atoms with van der Waals surface area (Å²) in [6.45, 7) is 0. The summed E-state index contributed by atoms with van der Waals surface area (Å²) in [5.74, 6) is 3.17. The van der Waals surface area contributed by atoms with E-state index in [1.54, 1.807) is 6.08 Å². The van der Waals surface area contributed by atoms with Crippen LogP contribution in [-0.2, 0) is 10.2 Å². The van der Waals surface area contributed by atoms with Gasteiger partial charge >= 0.3 is 5.97 Å². The molecule has 3 heteroatoms. The van der Waals surface area contributed by atoms with Crippen LogP contribution in [0.25, 0.3) is 5.57 Å². The number of hydrogen-bond donors (Lipinski definition) is 1. The molecular weight excluding hydrogens is 384 g/mol. The topological polar surface area (TPSA) is 46.5 Å². The Morgan fingerprint density at radius 3 is 2.42 bits per heavy atom. The molecule has 4 fully saturated rings. The van der Waals surface area contributed by atoms with E-state index < -0.39 is 5.97 Å². The van der Waals surface area contributed by atoms with Gasteiger partial charge in [-0.15, -0.1) is 0 Å². The molecule has 4 saturated carbocycles. The number of carboxylic acid groups (broad SMARTS) is 1. The zero-order valence-electron chi connectivity index (χ0n) is 18.1. The van der Waals surface area contributed by atoms with Crippen molar-refractivity contribution in [1.82, 2.24) is 0 Å². The number of carboxylic acids is 1. The van der Waals surface area contributed by atoms with Crippen molar-refractivity contribution in [2.24, 2.45) is 23.7 Å². The molecule has 1 aromatic rings. The number of rotatable bonds is 4. The molecule has 1 N–H and O–H groups in total. The molecule has 0 radical (unpaired) electrons. The second-order valence-corrected chi connectivity index (χ2v) is 10.5. The predicted octanol–water partition coefficient (Wildman–Crippen LogP) is 6.07. The maximum atomic E-state index is 11.3. The highest BCUT2D eigenvalue weighted by Gasteiger charge is 2.52. The lowest BCUT2D eigenvalue weighted by Crippen LogP contribution is -2.48. The maximum absolute atomic E-state index is 11.3. The third-order valence-electron chi connectivity index (χ3n) is 8.60. The van der Waals surface area contributed by atoms with E-state index in [1.165, 1.54) is 55.2 Å². The van der Waals surface area contributed by atoms with Crippen LogP contribution in [0.15, 0.2) is 59.7 Å². The largest absolute Gasteiger partial charge is 0.496 e. The van der Waals surface area contributed by atoms with Gasteiger partial charge in [-0.2, -0.15) is 0 Å². The average molecular weight is 415 g/mol. The Bertz CT molecular complexity index is 1030. The third-order valence-corrected chi connectivity index (χ3v) is 8.60. The second kappa shape index (κ2) is 6.98. The molecule has 31 heavy (non-hydrogen) atoms. The lowest BCUT2D eigenvalue weighted by atomic mass is 9.48. The number of ether oxygens (including phenoxy) is 1. The molecule has 0 aliphatic heterocycles. The van der Waals surface area contributed by atoms with Gasteiger partial charge in [0.25, 0.3) is 0 Å². The molecule has 0 heterocycles. The highest BCUT2D eigenvalue weighted by molar-refractivity contribution is 5.91. The molecule has 160 valence electrons. The molecule has 0 amide bonds. The van der Waals surface area contributed by atoms with Crippen LogP contribution in [0.1, 0.15) is 56.1 Å². The minimum absolute atomic E-state index is 0.258. The molecular formula is C28H30O3. The molecule has 6 aliphatic carbocycles. The number of aliphatic carboxylic acids is 1. The Morgan fingerprint density at radius 2 is 1.77 bits per heavy atom. The molecule has 3 nitrogen and oxygen atoms in total. The van der Waals surface area contributed by atoms with Crippen LogP contribution < -0.4 is 4.74 Å². The number of fused-ring (bicyclic) bond motifs is 1. The first-order valence-corrected chi connectivity index (χ1v) is 11.8. The van der Waals surface area contributed by atoms with E-state index in [1.807, 2.05) is 19.3 Å². The Labute approximate surface area is 184 Å². The van der Waals surface area contributed by atoms with E-state index in [0.29, 0.717) is 11.0 Å². The van der Waals surface area contributed by atoms with Crippen LogP contribution in [0.4, 0.5) is 0 Å². The lowest BCUT2D eigenvalue weighted by molar-refractivity contribution is -0.132. The maximum Gasteiger partial charge on any atom is 0.335 e. The van der Waals surface area contributed by atoms with E-state index in [-0.39, 0.29) is 5.92 Å². The number of hydrogen-bond acceptors (Lipinski definition) is 2. The van der Waals surface area contributed by atoms with Crippen LogP contribution in [0.3, 0.4) is 0 Å². The summed E-state index contributed by atoms with van der Waals surface area (Å²) in [5, 5.41) is 9.28. The fraction of sp³-hybridized carbons (Fsp3) is 0.464. The van der Waals surface area contributed by atoms with Crippen molar-refractivity contribution >= 4 is 11.5 Å². The zero-order chi connectivity index (χ0) is 21.2. The minimum Gasteiger partial charge on any atom is -0.496 e. The molecule has 6 aliphatic rings. The Hall–Kier alpha value is -2.55. The molecule has 1 aromatic carbocycles. The summed E-state index contributed by atoms with van der Waals surface area (Å²) in [4.78, 5) is 11.3. The average Bonchev–Trinajstić information content (AvgIpc) is 2.77. The molecule has 1 atom stereocenters. The normalized spacial score (nSPS) is 35.2. The molecule has 1 unspecified atom stereocenters. The van der Waals surface area contributed by atoms with Crippen molar-refractivity contribution < 1.29 is 14.6 Å². The Balaban J connectivity index is 1.37. The lowest BCUT2D eigenvalue weighted by Gasteiger charge is -2.57. The van der Waals surface area contributed by atoms with Gasteiger partial charge in [0.15, 0.2) is 0 Å². The van der Waals surface area contributed by atoms with Gasteiger partial charge in [0.2, 0.25) is 0 Å². The van der Waals surface area contributed by atoms with E-state index in [2.05, 4.69) is 30.4 Å². The number of benzene rings is 1. The number of methoxy groups -OCH3 is 1. The number of carbonyl (C=O) groups is 1. The molecule has 0 aromatic heterocycles. The standard InChI is InChI=1S/C28H30O3/c1-31-26-7-6-23(21-2-3-22-12-24(27(29)30)5-4-20(22)11-21)13-25(26)28-14-17-8-18(15-28)10-19(9-17)16-28/h2-7,12-13,17-20H,8-11,14-16H2,1H3,(H,29,30). The highest BCUT2D eigenvalue weighted by atomic mass is 16.5. The number of allylic oxidation sites excluding steroid dienone is 6. The van der Waals surface area contributed by atoms with Gasteiger partial charge in [-0.3, -0.25) is 0 Å². The van der Waals surface area contributed by atoms with Crippen molar-refractivity contribution in [1.29, 1.82) is 0 Å². The predicted molar refractivity (Wildman–Crippen MR) is 122 cm³/mol. The summed E-state index contributed by atoms with van der Waals surface area (Å²) in [7, 11) is 1.81. The summed E-state index contributed by atoms with van der Waals surface area (Å²) < 4.78 is 5.89. The second-order valence-electron chi connectivity index (χ2n) is 10.5. The van der Waals surface area contributed by atoms with Crippen molar-refractivity contribution in [2.75, 3.05) is 7.11 Å². The first kappa shape index (κ1) is 19.2. The Kier molecular flexibility index (Phi) is 4.31. The third kappa shape index (κ3) is 3.12. The minimum atomic E-state index is -0.860. The summed E-state index contributed by atoms with van der Waals surface area (Å²) in [5.41, 5.74) is 5.83. The van der Waals surface area contributed by atoms with Gasteiger partial charge in [0.1, 0.15) is 5.75 Å². The van der Waals surface area contributed by atoms with E-state index >= 15 is 0 Å². The van der Waals surface area contributed by atoms with Crippen LogP contribution in [0.2, 0.25) is 0 Å². The highest BCUT2D eigenvalue weighted by Crippen LogP contribution is 2.62. The van der Waals surface area contributed by atoms with Gasteiger partial charge in [-0.1, -0.05) is 30.4 Å². The van der Waals surface area contributed by atoms with Crippen LogP contribution >= 0.6 is 0 Å². The molecule has 4 bridgehead atoms. The first-order chi connectivity index (χ1) is 15.0. The van der Waals surface area contributed by atoms with E-state index in [9.17, 15) is 9.90 Å². The van der Waals surface area contributed by atoms with Gasteiger partial charge < -0.3 is 9.84 Å². The van der Waals surface area contributed by atoms with Gasteiger partial charge in [-0.25, -0.2) is 4.79 Å². The van der Waals surface area contributed by atoms with Crippen LogP contribution in [0.5, 0.6) is 5.75 Å². The van der Waals surface area contributed by atoms with E-state index in [0.717, 1.165) is 35.5 Å². The first-order valence-electron chi connectivity index (χ1n) is 11.8. The van der Waals surface area contributed by atoms with Crippen LogP contribution in [-0.4, -0.2) is 18.2 Å². The van der Waals surface area contributed by atoms with Crippen molar-refractivity contribution in [3.8, 4) is 5.75 Å². The molecule has 7 rings (SSSR count). The summed E-state index contributed by atoms with van der Waals surface area (Å²) in [6, 6.07) is 6.82. The molecule has 0 saturated heterocycles. The smallest absolute Gasteiger partial charge is 0.335 e. The van der Waals surface area contributed by atoms with Crippen molar-refractivity contribution in [3.63, 3.8) is 0 Å². The monoisotopic (exact) mass is 414 g/mol. The quantitative estimate of drug-likeness (QED) is 0.650. The van der Waals surface area contributed by atoms with Gasteiger partial charge in [0.05, 0.1) is 12.7 Å². The van der Waals surface area contributed by atoms with E-state index in [4.69, 9.17) is 4.74 Å². The Morgan fingerprint density at radius 1 is 1.06 bits per heavy atom. The van der Waals surface area contributed by atoms with Crippen molar-refractivity contribution in [3.05, 3.63) is 70.9 Å². The summed E-state index contributed by atoms with van der Waals surface area (Å²) in [6.07, 6.45) is 19.1. The van der Waals surface area contributed by atoms with Gasteiger partial charge in [-0.05, 0) is 103 Å².